The van der Waals surface area contributed by atoms with Gasteiger partial charge in [0, 0.05) is 26.2 Å². The van der Waals surface area contributed by atoms with Gasteiger partial charge in [0.25, 0.3) is 0 Å². The maximum atomic E-state index is 11.8. The predicted molar refractivity (Wildman–Crippen MR) is 76.6 cm³/mol. The summed E-state index contributed by atoms with van der Waals surface area (Å²) in [6.45, 7) is 0.603. The van der Waals surface area contributed by atoms with Crippen LogP contribution >= 0.6 is 0 Å². The van der Waals surface area contributed by atoms with E-state index in [0.717, 1.165) is 23.4 Å². The van der Waals surface area contributed by atoms with E-state index in [4.69, 9.17) is 4.74 Å². The molecule has 1 aromatic heterocycles. The number of aryl methyl sites for hydroxylation is 1. The first-order valence-corrected chi connectivity index (χ1v) is 6.54. The molecule has 1 aromatic carbocycles. The molecule has 20 heavy (non-hydrogen) atoms. The fraction of sp³-hybridized carbons (Fsp3) is 0.333. The summed E-state index contributed by atoms with van der Waals surface area (Å²) in [4.78, 5) is 16.0. The summed E-state index contributed by atoms with van der Waals surface area (Å²) in [5.41, 5.74) is 1.96. The molecule has 0 aliphatic rings. The van der Waals surface area contributed by atoms with Crippen LogP contribution in [0.4, 0.5) is 0 Å². The Morgan fingerprint density at radius 3 is 2.70 bits per heavy atom. The third-order valence-electron chi connectivity index (χ3n) is 2.99. The molecule has 2 aromatic rings. The number of carbonyl (C=O) groups is 1. The highest BCUT2D eigenvalue weighted by Gasteiger charge is 2.04. The maximum Gasteiger partial charge on any atom is 0.224 e. The summed E-state index contributed by atoms with van der Waals surface area (Å²) >= 11 is 0. The maximum absolute atomic E-state index is 11.8. The lowest BCUT2D eigenvalue weighted by Gasteiger charge is -2.05. The molecule has 2 rings (SSSR count). The van der Waals surface area contributed by atoms with Crippen LogP contribution in [0.2, 0.25) is 0 Å². The number of ether oxygens (including phenoxy) is 1. The van der Waals surface area contributed by atoms with Crippen molar-refractivity contribution in [2.45, 2.75) is 12.8 Å². The van der Waals surface area contributed by atoms with Crippen LogP contribution in [0, 0.1) is 0 Å². The summed E-state index contributed by atoms with van der Waals surface area (Å²) in [7, 11) is 3.55. The molecule has 106 valence electrons. The first-order valence-electron chi connectivity index (χ1n) is 6.54. The molecule has 0 spiro atoms. The van der Waals surface area contributed by atoms with Crippen LogP contribution in [0.25, 0.3) is 0 Å². The summed E-state index contributed by atoms with van der Waals surface area (Å²) in [5.74, 6) is 0.815. The Morgan fingerprint density at radius 2 is 2.10 bits per heavy atom. The van der Waals surface area contributed by atoms with Gasteiger partial charge in [0.2, 0.25) is 5.91 Å². The van der Waals surface area contributed by atoms with Crippen LogP contribution in [0.15, 0.2) is 36.8 Å². The fourth-order valence-electron chi connectivity index (χ4n) is 1.92. The van der Waals surface area contributed by atoms with Crippen LogP contribution in [0.3, 0.4) is 0 Å². The van der Waals surface area contributed by atoms with E-state index in [1.165, 1.54) is 0 Å². The average molecular weight is 273 g/mol. The molecule has 1 N–H and O–H groups in total. The normalized spacial score (nSPS) is 10.3. The zero-order valence-electron chi connectivity index (χ0n) is 11.8. The molecule has 0 fully saturated rings. The van der Waals surface area contributed by atoms with Gasteiger partial charge >= 0.3 is 0 Å². The smallest absolute Gasteiger partial charge is 0.224 e. The van der Waals surface area contributed by atoms with Gasteiger partial charge in [0.1, 0.15) is 5.75 Å². The molecule has 0 aliphatic carbocycles. The Balaban J connectivity index is 1.74. The molecular formula is C15H19N3O2. The van der Waals surface area contributed by atoms with Gasteiger partial charge in [-0.05, 0) is 17.7 Å². The second kappa shape index (κ2) is 6.75. The number of rotatable bonds is 6. The first kappa shape index (κ1) is 14.1. The molecule has 0 radical (unpaired) electrons. The summed E-state index contributed by atoms with van der Waals surface area (Å²) in [6.07, 6.45) is 4.84. The van der Waals surface area contributed by atoms with E-state index >= 15 is 0 Å². The molecule has 1 amide bonds. The van der Waals surface area contributed by atoms with E-state index in [9.17, 15) is 4.79 Å². The lowest BCUT2D eigenvalue weighted by Crippen LogP contribution is -2.27. The molecule has 5 heteroatoms. The number of hydrogen-bond acceptors (Lipinski definition) is 3. The van der Waals surface area contributed by atoms with E-state index in [1.54, 1.807) is 13.4 Å². The minimum Gasteiger partial charge on any atom is -0.497 e. The molecule has 0 atom stereocenters. The van der Waals surface area contributed by atoms with Crippen molar-refractivity contribution >= 4 is 5.91 Å². The number of methoxy groups -OCH3 is 1. The van der Waals surface area contributed by atoms with E-state index in [-0.39, 0.29) is 5.91 Å². The van der Waals surface area contributed by atoms with Crippen molar-refractivity contribution in [2.75, 3.05) is 13.7 Å². The lowest BCUT2D eigenvalue weighted by atomic mass is 10.1. The standard InChI is InChI=1S/C15H19N3O2/c1-18-10-13(17-11-18)7-8-16-15(19)9-12-3-5-14(20-2)6-4-12/h3-6,10-11H,7-9H2,1-2H3,(H,16,19). The Bertz CT molecular complexity index is 561. The Morgan fingerprint density at radius 1 is 1.35 bits per heavy atom. The van der Waals surface area contributed by atoms with Gasteiger partial charge in [-0.3, -0.25) is 4.79 Å². The number of benzene rings is 1. The molecule has 1 heterocycles. The van der Waals surface area contributed by atoms with Crippen LogP contribution in [0.1, 0.15) is 11.3 Å². The van der Waals surface area contributed by atoms with Gasteiger partial charge in [-0.25, -0.2) is 4.98 Å². The molecule has 0 unspecified atom stereocenters. The highest BCUT2D eigenvalue weighted by molar-refractivity contribution is 5.78. The minimum absolute atomic E-state index is 0.0195. The zero-order valence-corrected chi connectivity index (χ0v) is 11.8. The van der Waals surface area contributed by atoms with Gasteiger partial charge in [0.15, 0.2) is 0 Å². The number of nitrogens with zero attached hydrogens (tertiary/aromatic N) is 2. The predicted octanol–water partition coefficient (Wildman–Crippen LogP) is 1.33. The second-order valence-electron chi connectivity index (χ2n) is 4.66. The van der Waals surface area contributed by atoms with Gasteiger partial charge in [0.05, 0.1) is 25.6 Å². The fourth-order valence-corrected chi connectivity index (χ4v) is 1.92. The van der Waals surface area contributed by atoms with E-state index in [0.29, 0.717) is 13.0 Å². The SMILES string of the molecule is COc1ccc(CC(=O)NCCc2cn(C)cn2)cc1. The number of hydrogen-bond donors (Lipinski definition) is 1. The first-order chi connectivity index (χ1) is 9.67. The van der Waals surface area contributed by atoms with Crippen molar-refractivity contribution in [3.05, 3.63) is 48.0 Å². The van der Waals surface area contributed by atoms with Gasteiger partial charge in [-0.15, -0.1) is 0 Å². The molecule has 0 bridgehead atoms. The topological polar surface area (TPSA) is 56.1 Å². The minimum atomic E-state index is 0.0195. The van der Waals surface area contributed by atoms with E-state index in [1.807, 2.05) is 42.1 Å². The Kier molecular flexibility index (Phi) is 4.76. The van der Waals surface area contributed by atoms with E-state index in [2.05, 4.69) is 10.3 Å². The van der Waals surface area contributed by atoms with Gasteiger partial charge in [-0.2, -0.15) is 0 Å². The monoisotopic (exact) mass is 273 g/mol. The van der Waals surface area contributed by atoms with Crippen molar-refractivity contribution in [3.63, 3.8) is 0 Å². The van der Waals surface area contributed by atoms with Crippen LogP contribution in [-0.2, 0) is 24.7 Å². The third-order valence-corrected chi connectivity index (χ3v) is 2.99. The van der Waals surface area contributed by atoms with Gasteiger partial charge < -0.3 is 14.6 Å². The molecule has 0 saturated carbocycles. The molecule has 5 nitrogen and oxygen atoms in total. The largest absolute Gasteiger partial charge is 0.497 e. The number of aromatic nitrogens is 2. The number of carbonyl (C=O) groups excluding carboxylic acids is 1. The third kappa shape index (κ3) is 4.12. The van der Waals surface area contributed by atoms with E-state index < -0.39 is 0 Å². The van der Waals surface area contributed by atoms with Crippen molar-refractivity contribution in [1.29, 1.82) is 0 Å². The Labute approximate surface area is 118 Å². The summed E-state index contributed by atoms with van der Waals surface area (Å²) < 4.78 is 6.98. The zero-order chi connectivity index (χ0) is 14.4. The van der Waals surface area contributed by atoms with Crippen LogP contribution in [0.5, 0.6) is 5.75 Å². The van der Waals surface area contributed by atoms with Gasteiger partial charge in [-0.1, -0.05) is 12.1 Å². The van der Waals surface area contributed by atoms with Crippen LogP contribution in [-0.4, -0.2) is 29.1 Å². The molecule has 0 saturated heterocycles. The number of imidazole rings is 1. The summed E-state index contributed by atoms with van der Waals surface area (Å²) in [5, 5.41) is 2.90. The highest BCUT2D eigenvalue weighted by atomic mass is 16.5. The average Bonchev–Trinajstić information content (AvgIpc) is 2.85. The Hall–Kier alpha value is -2.30. The summed E-state index contributed by atoms with van der Waals surface area (Å²) in [6, 6.07) is 7.52. The lowest BCUT2D eigenvalue weighted by molar-refractivity contribution is -0.120. The quantitative estimate of drug-likeness (QED) is 0.864. The number of nitrogens with one attached hydrogen (secondary N) is 1. The molecule has 0 aliphatic heterocycles. The van der Waals surface area contributed by atoms with Crippen molar-refractivity contribution < 1.29 is 9.53 Å². The molecular weight excluding hydrogens is 254 g/mol. The van der Waals surface area contributed by atoms with Crippen molar-refractivity contribution in [2.24, 2.45) is 7.05 Å². The van der Waals surface area contributed by atoms with Crippen molar-refractivity contribution in [3.8, 4) is 5.75 Å². The highest BCUT2D eigenvalue weighted by Crippen LogP contribution is 2.11. The van der Waals surface area contributed by atoms with Crippen LogP contribution < -0.4 is 10.1 Å². The van der Waals surface area contributed by atoms with Crippen molar-refractivity contribution in [1.82, 2.24) is 14.9 Å². The number of amides is 1. The second-order valence-corrected chi connectivity index (χ2v) is 4.66.